The Morgan fingerprint density at radius 1 is 1.26 bits per heavy atom. The molecule has 4 rings (SSSR count). The predicted molar refractivity (Wildman–Crippen MR) is 103 cm³/mol. The van der Waals surface area contributed by atoms with E-state index in [-0.39, 0.29) is 6.10 Å². The van der Waals surface area contributed by atoms with Crippen LogP contribution in [0.15, 0.2) is 36.8 Å². The summed E-state index contributed by atoms with van der Waals surface area (Å²) in [6.45, 7) is 8.46. The fourth-order valence-corrected chi connectivity index (χ4v) is 3.49. The van der Waals surface area contributed by atoms with E-state index < -0.39 is 0 Å². The van der Waals surface area contributed by atoms with Gasteiger partial charge in [0.2, 0.25) is 0 Å². The second-order valence-corrected chi connectivity index (χ2v) is 7.04. The van der Waals surface area contributed by atoms with E-state index in [0.29, 0.717) is 6.61 Å². The van der Waals surface area contributed by atoms with Gasteiger partial charge in [-0.2, -0.15) is 10.2 Å². The number of rotatable bonds is 5. The van der Waals surface area contributed by atoms with E-state index >= 15 is 0 Å². The molecule has 0 spiro atoms. The van der Waals surface area contributed by atoms with E-state index in [9.17, 15) is 0 Å². The molecule has 1 aliphatic rings. The summed E-state index contributed by atoms with van der Waals surface area (Å²) in [5.74, 6) is 0. The molecule has 27 heavy (non-hydrogen) atoms. The molecule has 1 aliphatic heterocycles. The Morgan fingerprint density at radius 3 is 2.89 bits per heavy atom. The van der Waals surface area contributed by atoms with Crippen LogP contribution >= 0.6 is 0 Å². The number of pyridine rings is 1. The molecule has 3 aromatic heterocycles. The topological polar surface area (TPSA) is 61.0 Å². The molecule has 7 heteroatoms. The first-order valence-corrected chi connectivity index (χ1v) is 9.45. The SMILES string of the molecule is CCn1cc(CN2CCO[C@@H](c3cccc(-c4cnn(C)c4)n3)C2)c(C)n1. The molecule has 0 aliphatic carbocycles. The minimum absolute atomic E-state index is 0.0168. The number of ether oxygens (including phenoxy) is 1. The van der Waals surface area contributed by atoms with Gasteiger partial charge in [0.15, 0.2) is 0 Å². The van der Waals surface area contributed by atoms with E-state index in [0.717, 1.165) is 48.8 Å². The van der Waals surface area contributed by atoms with Crippen LogP contribution in [0.2, 0.25) is 0 Å². The minimum Gasteiger partial charge on any atom is -0.369 e. The highest BCUT2D eigenvalue weighted by atomic mass is 16.5. The van der Waals surface area contributed by atoms with Crippen LogP contribution in [-0.4, -0.2) is 49.1 Å². The third-order valence-corrected chi connectivity index (χ3v) is 5.02. The zero-order valence-corrected chi connectivity index (χ0v) is 16.2. The van der Waals surface area contributed by atoms with Crippen molar-refractivity contribution in [3.63, 3.8) is 0 Å². The van der Waals surface area contributed by atoms with Gasteiger partial charge >= 0.3 is 0 Å². The van der Waals surface area contributed by atoms with Crippen LogP contribution in [0.5, 0.6) is 0 Å². The van der Waals surface area contributed by atoms with E-state index in [1.54, 1.807) is 4.68 Å². The first-order valence-electron chi connectivity index (χ1n) is 9.45. The van der Waals surface area contributed by atoms with Gasteiger partial charge in [0, 0.05) is 56.7 Å². The second kappa shape index (κ2) is 7.62. The summed E-state index contributed by atoms with van der Waals surface area (Å²) < 4.78 is 9.83. The molecule has 0 radical (unpaired) electrons. The highest BCUT2D eigenvalue weighted by Gasteiger charge is 2.24. The normalized spacial score (nSPS) is 18.1. The lowest BCUT2D eigenvalue weighted by Gasteiger charge is -2.32. The molecule has 1 fully saturated rings. The van der Waals surface area contributed by atoms with Crippen LogP contribution in [0, 0.1) is 6.92 Å². The molecule has 0 unspecified atom stereocenters. The van der Waals surface area contributed by atoms with Gasteiger partial charge in [-0.05, 0) is 26.0 Å². The van der Waals surface area contributed by atoms with Gasteiger partial charge in [-0.1, -0.05) is 6.07 Å². The number of morpholine rings is 1. The van der Waals surface area contributed by atoms with E-state index in [4.69, 9.17) is 9.72 Å². The number of aryl methyl sites for hydroxylation is 3. The molecule has 0 N–H and O–H groups in total. The predicted octanol–water partition coefficient (Wildman–Crippen LogP) is 2.58. The Labute approximate surface area is 159 Å². The van der Waals surface area contributed by atoms with Crippen LogP contribution in [-0.2, 0) is 24.9 Å². The molecular formula is C20H26N6O. The highest BCUT2D eigenvalue weighted by Crippen LogP contribution is 2.25. The van der Waals surface area contributed by atoms with E-state index in [1.165, 1.54) is 5.56 Å². The molecule has 3 aromatic rings. The zero-order valence-electron chi connectivity index (χ0n) is 16.2. The summed E-state index contributed by atoms with van der Waals surface area (Å²) in [6.07, 6.45) is 5.96. The average molecular weight is 366 g/mol. The third kappa shape index (κ3) is 3.94. The van der Waals surface area contributed by atoms with Gasteiger partial charge in [-0.25, -0.2) is 4.98 Å². The number of nitrogens with zero attached hydrogens (tertiary/aromatic N) is 6. The van der Waals surface area contributed by atoms with Crippen LogP contribution in [0.1, 0.15) is 30.0 Å². The molecule has 4 heterocycles. The molecular weight excluding hydrogens is 340 g/mol. The monoisotopic (exact) mass is 366 g/mol. The van der Waals surface area contributed by atoms with Gasteiger partial charge < -0.3 is 4.74 Å². The van der Waals surface area contributed by atoms with Crippen molar-refractivity contribution in [2.24, 2.45) is 7.05 Å². The van der Waals surface area contributed by atoms with Crippen LogP contribution < -0.4 is 0 Å². The maximum atomic E-state index is 6.04. The largest absolute Gasteiger partial charge is 0.369 e. The Kier molecular flexibility index (Phi) is 5.05. The van der Waals surface area contributed by atoms with Gasteiger partial charge in [0.05, 0.1) is 29.9 Å². The van der Waals surface area contributed by atoms with Crippen molar-refractivity contribution in [3.05, 3.63) is 53.7 Å². The molecule has 0 amide bonds. The smallest absolute Gasteiger partial charge is 0.112 e. The van der Waals surface area contributed by atoms with Crippen molar-refractivity contribution in [1.82, 2.24) is 29.4 Å². The van der Waals surface area contributed by atoms with Crippen LogP contribution in [0.4, 0.5) is 0 Å². The molecule has 142 valence electrons. The highest BCUT2D eigenvalue weighted by molar-refractivity contribution is 5.56. The summed E-state index contributed by atoms with van der Waals surface area (Å²) in [5, 5.41) is 8.80. The minimum atomic E-state index is -0.0168. The zero-order chi connectivity index (χ0) is 18.8. The maximum Gasteiger partial charge on any atom is 0.112 e. The van der Waals surface area contributed by atoms with Gasteiger partial charge in [0.1, 0.15) is 6.10 Å². The first-order chi connectivity index (χ1) is 13.1. The quantitative estimate of drug-likeness (QED) is 0.695. The molecule has 0 bridgehead atoms. The van der Waals surface area contributed by atoms with E-state index in [1.807, 2.05) is 42.3 Å². The summed E-state index contributed by atoms with van der Waals surface area (Å²) >= 11 is 0. The molecule has 1 atom stereocenters. The van der Waals surface area contributed by atoms with Gasteiger partial charge in [0.25, 0.3) is 0 Å². The standard InChI is InChI=1S/C20H26N6O/c1-4-26-13-17(15(2)23-26)12-25-8-9-27-20(14-25)19-7-5-6-18(22-19)16-10-21-24(3)11-16/h5-7,10-11,13,20H,4,8-9,12,14H2,1-3H3/t20-/m1/s1. The summed E-state index contributed by atoms with van der Waals surface area (Å²) in [5.41, 5.74) is 5.32. The average Bonchev–Trinajstić information content (AvgIpc) is 3.28. The van der Waals surface area contributed by atoms with Gasteiger partial charge in [-0.3, -0.25) is 14.3 Å². The Hall–Kier alpha value is -2.51. The number of hydrogen-bond donors (Lipinski definition) is 0. The van der Waals surface area contributed by atoms with Crippen molar-refractivity contribution >= 4 is 0 Å². The van der Waals surface area contributed by atoms with Crippen molar-refractivity contribution < 1.29 is 4.74 Å². The van der Waals surface area contributed by atoms with Crippen molar-refractivity contribution in [2.75, 3.05) is 19.7 Å². The number of hydrogen-bond acceptors (Lipinski definition) is 5. The second-order valence-electron chi connectivity index (χ2n) is 7.04. The maximum absolute atomic E-state index is 6.04. The Morgan fingerprint density at radius 2 is 2.15 bits per heavy atom. The van der Waals surface area contributed by atoms with Crippen molar-refractivity contribution in [3.8, 4) is 11.3 Å². The summed E-state index contributed by atoms with van der Waals surface area (Å²) in [6, 6.07) is 6.11. The fraction of sp³-hybridized carbons (Fsp3) is 0.450. The molecule has 1 saturated heterocycles. The lowest BCUT2D eigenvalue weighted by Crippen LogP contribution is -2.38. The van der Waals surface area contributed by atoms with Crippen molar-refractivity contribution in [1.29, 1.82) is 0 Å². The fourth-order valence-electron chi connectivity index (χ4n) is 3.49. The lowest BCUT2D eigenvalue weighted by molar-refractivity contribution is -0.0350. The van der Waals surface area contributed by atoms with E-state index in [2.05, 4.69) is 35.1 Å². The molecule has 0 aromatic carbocycles. The third-order valence-electron chi connectivity index (χ3n) is 5.02. The molecule has 7 nitrogen and oxygen atoms in total. The van der Waals surface area contributed by atoms with Crippen molar-refractivity contribution in [2.45, 2.75) is 33.0 Å². The first kappa shape index (κ1) is 17.9. The summed E-state index contributed by atoms with van der Waals surface area (Å²) in [7, 11) is 1.91. The Bertz CT molecular complexity index is 915. The molecule has 0 saturated carbocycles. The summed E-state index contributed by atoms with van der Waals surface area (Å²) in [4.78, 5) is 7.26. The number of aromatic nitrogens is 5. The lowest BCUT2D eigenvalue weighted by atomic mass is 10.1. The van der Waals surface area contributed by atoms with Crippen LogP contribution in [0.25, 0.3) is 11.3 Å². The van der Waals surface area contributed by atoms with Crippen LogP contribution in [0.3, 0.4) is 0 Å². The van der Waals surface area contributed by atoms with Gasteiger partial charge in [-0.15, -0.1) is 0 Å². The Balaban J connectivity index is 1.49.